The Balaban J connectivity index is 0. The number of alkyl halides is 2. The zero-order valence-electron chi connectivity index (χ0n) is 33.1. The molecule has 0 saturated heterocycles. The smallest absolute Gasteiger partial charge is 0.870 e. The molecule has 0 aromatic heterocycles. The van der Waals surface area contributed by atoms with E-state index in [1.807, 2.05) is 6.92 Å². The SMILES string of the molecule is C.COC(=O)[C@@]1(C(=O)Nc2ccc(F)cc2)C[C@H]1C.COC(=O)[C@@]1(C(=O)O)C[C@H]1C.C[C@@H]1C[C@@]1(C(=O)O)C(=O)Nc1ccc(F)cc1.ClCCl.Nc1ccc(F)cc1.[Li+].[OH-]. The van der Waals surface area contributed by atoms with Crippen LogP contribution in [0.15, 0.2) is 72.8 Å². The number of carboxylic acids is 2. The second-order valence-corrected chi connectivity index (χ2v) is 14.2. The van der Waals surface area contributed by atoms with Gasteiger partial charge in [-0.25, -0.2) is 13.2 Å². The van der Waals surface area contributed by atoms with Crippen LogP contribution in [0, 0.1) is 51.5 Å². The summed E-state index contributed by atoms with van der Waals surface area (Å²) in [6.45, 7) is 5.27. The van der Waals surface area contributed by atoms with Crippen LogP contribution in [0.3, 0.4) is 0 Å². The Labute approximate surface area is 368 Å². The number of nitrogens with one attached hydrogen (secondary N) is 2. The van der Waals surface area contributed by atoms with E-state index < -0.39 is 57.8 Å². The van der Waals surface area contributed by atoms with E-state index in [1.165, 1.54) is 87.0 Å². The fourth-order valence-electron chi connectivity index (χ4n) is 5.73. The molecule has 6 atom stereocenters. The van der Waals surface area contributed by atoms with Crippen LogP contribution in [0.1, 0.15) is 47.5 Å². The maximum Gasteiger partial charge on any atom is 1.00 e. The zero-order chi connectivity index (χ0) is 43.3. The third kappa shape index (κ3) is 14.4. The number of nitrogen functional groups attached to an aromatic ring is 1. The van der Waals surface area contributed by atoms with E-state index in [9.17, 15) is 41.9 Å². The average molecular weight is 883 g/mol. The Kier molecular flexibility index (Phi) is 24.0. The third-order valence-corrected chi connectivity index (χ3v) is 9.67. The number of hydrogen-bond donors (Lipinski definition) is 5. The summed E-state index contributed by atoms with van der Waals surface area (Å²) in [5.41, 5.74) is 3.09. The number of carbonyl (C=O) groups is 6. The molecule has 3 aliphatic rings. The summed E-state index contributed by atoms with van der Waals surface area (Å²) in [7, 11) is 2.47. The fourth-order valence-corrected chi connectivity index (χ4v) is 5.73. The normalized spacial score (nSPS) is 22.9. The predicted molar refractivity (Wildman–Crippen MR) is 214 cm³/mol. The Bertz CT molecular complexity index is 1880. The first-order valence-corrected chi connectivity index (χ1v) is 18.2. The standard InChI is InChI=1S/C13H14FNO3.C12H12FNO3.C7H10O4.C6H6FN.CH2Cl2.CH4.Li.H2O/c1-8-7-13(8,12(17)18-2)11(16)15-10-5-3-9(14)4-6-10;1-7-6-12(7,11(16)17)10(15)14-9-4-2-8(13)3-5-9;1-4-3-7(4,5(8)9)6(10)11-2;7-5-1-3-6(8)4-2-5;2-1-3;;;/h3-6,8H,7H2,1-2H3,(H,15,16);2-5,7H,6H2,1H3,(H,14,15)(H,16,17);4H,3H2,1-2H3,(H,8,9);1-4H,8H2;1H2;1H4;;1H2/q;;;;;;+1;/p-1/t8-,13+;7-,12+;4-,7+;;;;;/m111...../s1. The van der Waals surface area contributed by atoms with Crippen LogP contribution in [0.25, 0.3) is 0 Å². The van der Waals surface area contributed by atoms with Crippen molar-refractivity contribution < 1.29 is 86.0 Å². The Morgan fingerprint density at radius 3 is 1.10 bits per heavy atom. The number of esters is 2. The molecule has 326 valence electrons. The van der Waals surface area contributed by atoms with Crippen LogP contribution >= 0.6 is 23.2 Å². The molecule has 0 bridgehead atoms. The summed E-state index contributed by atoms with van der Waals surface area (Å²) in [5, 5.41) is 23.0. The van der Waals surface area contributed by atoms with Gasteiger partial charge in [0.05, 0.1) is 19.6 Å². The van der Waals surface area contributed by atoms with Crippen molar-refractivity contribution in [2.24, 2.45) is 34.0 Å². The summed E-state index contributed by atoms with van der Waals surface area (Å²) in [6.07, 6.45) is 1.22. The molecule has 0 aliphatic heterocycles. The molecule has 14 nitrogen and oxygen atoms in total. The zero-order valence-corrected chi connectivity index (χ0v) is 34.6. The second-order valence-electron chi connectivity index (χ2n) is 13.4. The minimum Gasteiger partial charge on any atom is -0.870 e. The van der Waals surface area contributed by atoms with Crippen LogP contribution in [0.2, 0.25) is 0 Å². The van der Waals surface area contributed by atoms with Crippen molar-refractivity contribution >= 4 is 76.0 Å². The van der Waals surface area contributed by atoms with E-state index in [-0.39, 0.29) is 66.5 Å². The first-order chi connectivity index (χ1) is 26.7. The fraction of sp³-hybridized carbons (Fsp3) is 0.400. The van der Waals surface area contributed by atoms with Crippen LogP contribution in [-0.2, 0) is 38.2 Å². The van der Waals surface area contributed by atoms with E-state index in [0.717, 1.165) is 0 Å². The molecule has 3 saturated carbocycles. The van der Waals surface area contributed by atoms with Crippen molar-refractivity contribution in [2.45, 2.75) is 47.5 Å². The van der Waals surface area contributed by atoms with Gasteiger partial charge in [-0.05, 0) is 110 Å². The Morgan fingerprint density at radius 2 is 0.883 bits per heavy atom. The van der Waals surface area contributed by atoms with Gasteiger partial charge in [-0.15, -0.1) is 23.2 Å². The van der Waals surface area contributed by atoms with Gasteiger partial charge in [-0.2, -0.15) is 0 Å². The molecular formula is C40H49Cl2F3LiN3O11. The number of hydrogen-bond acceptors (Lipinski definition) is 10. The van der Waals surface area contributed by atoms with Gasteiger partial charge >= 0.3 is 42.7 Å². The molecule has 0 unspecified atom stereocenters. The van der Waals surface area contributed by atoms with Gasteiger partial charge < -0.3 is 41.5 Å². The molecule has 20 heteroatoms. The number of aliphatic carboxylic acids is 2. The van der Waals surface area contributed by atoms with Crippen molar-refractivity contribution in [3.8, 4) is 0 Å². The molecule has 3 aliphatic carbocycles. The molecule has 0 radical (unpaired) electrons. The van der Waals surface area contributed by atoms with Gasteiger partial charge in [0.15, 0.2) is 5.41 Å². The van der Waals surface area contributed by atoms with Crippen molar-refractivity contribution in [1.29, 1.82) is 0 Å². The predicted octanol–water partition coefficient (Wildman–Crippen LogP) is 4.40. The van der Waals surface area contributed by atoms with Gasteiger partial charge in [0.2, 0.25) is 11.8 Å². The molecule has 6 rings (SSSR count). The monoisotopic (exact) mass is 881 g/mol. The molecule has 3 aromatic carbocycles. The van der Waals surface area contributed by atoms with Gasteiger partial charge in [0.25, 0.3) is 0 Å². The van der Waals surface area contributed by atoms with Crippen molar-refractivity contribution in [3.05, 3.63) is 90.2 Å². The largest absolute Gasteiger partial charge is 1.00 e. The number of carboxylic acid groups (broad SMARTS) is 2. The quantitative estimate of drug-likeness (QED) is 0.0696. The van der Waals surface area contributed by atoms with Gasteiger partial charge in [0.1, 0.15) is 28.3 Å². The molecule has 3 fully saturated rings. The summed E-state index contributed by atoms with van der Waals surface area (Å²) in [6, 6.07) is 16.3. The van der Waals surface area contributed by atoms with Crippen molar-refractivity contribution in [1.82, 2.24) is 0 Å². The van der Waals surface area contributed by atoms with Crippen LogP contribution < -0.4 is 35.2 Å². The summed E-state index contributed by atoms with van der Waals surface area (Å²) in [4.78, 5) is 68.2. The number of methoxy groups -OCH3 is 2. The third-order valence-electron chi connectivity index (χ3n) is 9.67. The number of halogens is 5. The summed E-state index contributed by atoms with van der Waals surface area (Å²) < 4.78 is 46.5. The molecule has 2 amide bonds. The maximum absolute atomic E-state index is 12.7. The number of carbonyl (C=O) groups excluding carboxylic acids is 4. The van der Waals surface area contributed by atoms with Crippen LogP contribution in [-0.4, -0.2) is 70.9 Å². The van der Waals surface area contributed by atoms with Gasteiger partial charge in [-0.3, -0.25) is 28.8 Å². The maximum atomic E-state index is 12.7. The molecule has 0 spiro atoms. The first kappa shape index (κ1) is 57.3. The molecule has 0 heterocycles. The molecule has 3 aromatic rings. The Hall–Kier alpha value is -4.79. The molecular weight excluding hydrogens is 833 g/mol. The number of nitrogens with two attached hydrogens (primary N) is 1. The summed E-state index contributed by atoms with van der Waals surface area (Å²) >= 11 is 9.53. The van der Waals surface area contributed by atoms with Crippen molar-refractivity contribution in [3.63, 3.8) is 0 Å². The van der Waals surface area contributed by atoms with Crippen molar-refractivity contribution in [2.75, 3.05) is 35.9 Å². The number of ether oxygens (including phenoxy) is 2. The first-order valence-electron chi connectivity index (χ1n) is 17.1. The van der Waals surface area contributed by atoms with E-state index >= 15 is 0 Å². The van der Waals surface area contributed by atoms with Crippen LogP contribution in [0.4, 0.5) is 30.2 Å². The van der Waals surface area contributed by atoms with E-state index in [2.05, 4.69) is 20.1 Å². The minimum atomic E-state index is -1.31. The number of amides is 2. The second kappa shape index (κ2) is 25.1. The molecule has 7 N–H and O–H groups in total. The number of benzene rings is 3. The minimum absolute atomic E-state index is 0. The summed E-state index contributed by atoms with van der Waals surface area (Å²) in [5.74, 6) is -5.59. The van der Waals surface area contributed by atoms with E-state index in [1.54, 1.807) is 13.8 Å². The average Bonchev–Trinajstić information content (AvgIpc) is 4.13. The van der Waals surface area contributed by atoms with E-state index in [4.69, 9.17) is 39.1 Å². The van der Waals surface area contributed by atoms with Gasteiger partial charge in [-0.1, -0.05) is 28.2 Å². The number of anilines is 3. The molecule has 60 heavy (non-hydrogen) atoms. The topological polar surface area (TPSA) is 241 Å². The Morgan fingerprint density at radius 1 is 0.633 bits per heavy atom. The van der Waals surface area contributed by atoms with E-state index in [0.29, 0.717) is 36.3 Å². The number of rotatable bonds is 8. The van der Waals surface area contributed by atoms with Crippen LogP contribution in [0.5, 0.6) is 0 Å². The van der Waals surface area contributed by atoms with Gasteiger partial charge in [0, 0.05) is 17.1 Å².